The van der Waals surface area contributed by atoms with E-state index in [0.29, 0.717) is 6.54 Å². The molecule has 0 fully saturated rings. The molecule has 0 aromatic carbocycles. The second kappa shape index (κ2) is 1.93. The third-order valence-corrected chi connectivity index (χ3v) is 1.48. The molecule has 0 radical (unpaired) electrons. The van der Waals surface area contributed by atoms with E-state index in [4.69, 9.17) is 5.21 Å². The van der Waals surface area contributed by atoms with Gasteiger partial charge in [-0.05, 0) is 6.08 Å². The quantitative estimate of drug-likeness (QED) is 0.523. The third kappa shape index (κ3) is 0.665. The zero-order valence-electron chi connectivity index (χ0n) is 5.31. The highest BCUT2D eigenvalue weighted by molar-refractivity contribution is 5.79. The minimum Gasteiger partial charge on any atom is -0.294 e. The maximum Gasteiger partial charge on any atom is 0.0753 e. The fraction of sp³-hybridized carbons (Fsp3) is 0.167. The smallest absolute Gasteiger partial charge is 0.0753 e. The Morgan fingerprint density at radius 3 is 3.30 bits per heavy atom. The molecule has 0 aromatic heterocycles. The van der Waals surface area contributed by atoms with E-state index in [1.54, 1.807) is 23.6 Å². The van der Waals surface area contributed by atoms with Crippen molar-refractivity contribution < 1.29 is 5.21 Å². The Hall–Kier alpha value is -1.13. The van der Waals surface area contributed by atoms with Gasteiger partial charge in [-0.25, -0.2) is 0 Å². The van der Waals surface area contributed by atoms with Crippen molar-refractivity contribution in [1.82, 2.24) is 10.2 Å². The Morgan fingerprint density at radius 2 is 2.50 bits per heavy atom. The van der Waals surface area contributed by atoms with Crippen LogP contribution < -0.4 is 0 Å². The van der Waals surface area contributed by atoms with E-state index < -0.39 is 0 Å². The number of nitrogens with zero attached hydrogens (tertiary/aromatic N) is 3. The molecule has 0 spiro atoms. The van der Waals surface area contributed by atoms with Crippen molar-refractivity contribution in [2.75, 3.05) is 6.54 Å². The summed E-state index contributed by atoms with van der Waals surface area (Å²) in [4.78, 5) is 3.90. The maximum atomic E-state index is 9.12. The van der Waals surface area contributed by atoms with E-state index in [-0.39, 0.29) is 0 Å². The summed E-state index contributed by atoms with van der Waals surface area (Å²) in [6.45, 7) is 0.533. The van der Waals surface area contributed by atoms with E-state index in [1.165, 1.54) is 0 Å². The van der Waals surface area contributed by atoms with Crippen LogP contribution in [0.5, 0.6) is 0 Å². The van der Waals surface area contributed by atoms with E-state index in [2.05, 4.69) is 4.99 Å². The highest BCUT2D eigenvalue weighted by Crippen LogP contribution is 2.15. The first-order chi connectivity index (χ1) is 4.88. The molecule has 0 unspecified atom stereocenters. The lowest BCUT2D eigenvalue weighted by atomic mass is 10.4. The van der Waals surface area contributed by atoms with Gasteiger partial charge in [-0.15, -0.1) is 0 Å². The summed E-state index contributed by atoms with van der Waals surface area (Å²) >= 11 is 0. The molecule has 52 valence electrons. The van der Waals surface area contributed by atoms with Gasteiger partial charge in [0.1, 0.15) is 0 Å². The summed E-state index contributed by atoms with van der Waals surface area (Å²) in [5.74, 6) is 0. The summed E-state index contributed by atoms with van der Waals surface area (Å²) in [5, 5.41) is 11.9. The van der Waals surface area contributed by atoms with Crippen molar-refractivity contribution in [3.05, 3.63) is 24.2 Å². The third-order valence-electron chi connectivity index (χ3n) is 1.48. The molecule has 0 saturated heterocycles. The highest BCUT2D eigenvalue weighted by Gasteiger charge is 2.19. The minimum atomic E-state index is 0.533. The van der Waals surface area contributed by atoms with Crippen molar-refractivity contribution in [3.63, 3.8) is 0 Å². The predicted molar refractivity (Wildman–Crippen MR) is 36.0 cm³/mol. The van der Waals surface area contributed by atoms with Crippen LogP contribution in [0.1, 0.15) is 0 Å². The van der Waals surface area contributed by atoms with Crippen LogP contribution in [0.15, 0.2) is 29.2 Å². The SMILES string of the molecule is ON1CC=C2C=NC=CN21. The number of hydrazine groups is 1. The molecule has 1 N–H and O–H groups in total. The van der Waals surface area contributed by atoms with Gasteiger partial charge in [-0.3, -0.25) is 15.2 Å². The Bertz CT molecular complexity index is 231. The van der Waals surface area contributed by atoms with Crippen molar-refractivity contribution >= 4 is 6.21 Å². The number of aliphatic imine (C=N–C) groups is 1. The number of hydrogen-bond acceptors (Lipinski definition) is 4. The van der Waals surface area contributed by atoms with Gasteiger partial charge in [0, 0.05) is 12.4 Å². The molecule has 0 amide bonds. The number of fused-ring (bicyclic) bond motifs is 1. The Balaban J connectivity index is 2.30. The zero-order valence-corrected chi connectivity index (χ0v) is 5.31. The van der Waals surface area contributed by atoms with Crippen LogP contribution in [0.25, 0.3) is 0 Å². The first-order valence-corrected chi connectivity index (χ1v) is 3.03. The monoisotopic (exact) mass is 137 g/mol. The zero-order chi connectivity index (χ0) is 6.97. The Morgan fingerprint density at radius 1 is 1.60 bits per heavy atom. The molecule has 2 aliphatic heterocycles. The molecular formula is C6H7N3O. The van der Waals surface area contributed by atoms with Crippen molar-refractivity contribution in [2.45, 2.75) is 0 Å². The van der Waals surface area contributed by atoms with Crippen LogP contribution in [0.3, 0.4) is 0 Å². The van der Waals surface area contributed by atoms with Gasteiger partial charge in [0.15, 0.2) is 0 Å². The van der Waals surface area contributed by atoms with Gasteiger partial charge in [-0.1, -0.05) is 5.17 Å². The van der Waals surface area contributed by atoms with Crippen LogP contribution in [-0.2, 0) is 0 Å². The second-order valence-corrected chi connectivity index (χ2v) is 2.10. The fourth-order valence-corrected chi connectivity index (χ4v) is 0.986. The summed E-state index contributed by atoms with van der Waals surface area (Å²) < 4.78 is 0. The molecule has 0 aliphatic carbocycles. The molecule has 0 atom stereocenters. The van der Waals surface area contributed by atoms with Crippen LogP contribution in [0.4, 0.5) is 0 Å². The number of allylic oxidation sites excluding steroid dienone is 1. The number of hydrogen-bond donors (Lipinski definition) is 1. The molecular weight excluding hydrogens is 130 g/mol. The molecule has 2 heterocycles. The Kier molecular flexibility index (Phi) is 1.09. The van der Waals surface area contributed by atoms with Gasteiger partial charge in [0.2, 0.25) is 0 Å². The average molecular weight is 137 g/mol. The lowest BCUT2D eigenvalue weighted by Gasteiger charge is -2.22. The van der Waals surface area contributed by atoms with Crippen LogP contribution >= 0.6 is 0 Å². The van der Waals surface area contributed by atoms with E-state index >= 15 is 0 Å². The van der Waals surface area contributed by atoms with Gasteiger partial charge in [0.05, 0.1) is 18.5 Å². The Labute approximate surface area is 58.3 Å². The first kappa shape index (κ1) is 5.64. The molecule has 4 nitrogen and oxygen atoms in total. The summed E-state index contributed by atoms with van der Waals surface area (Å²) in [7, 11) is 0. The van der Waals surface area contributed by atoms with Crippen LogP contribution in [0.2, 0.25) is 0 Å². The highest BCUT2D eigenvalue weighted by atomic mass is 16.5. The van der Waals surface area contributed by atoms with Crippen molar-refractivity contribution in [1.29, 1.82) is 0 Å². The molecule has 0 saturated carbocycles. The second-order valence-electron chi connectivity index (χ2n) is 2.10. The van der Waals surface area contributed by atoms with E-state index in [1.807, 2.05) is 6.08 Å². The molecule has 4 heteroatoms. The predicted octanol–water partition coefficient (Wildman–Crippen LogP) is 0.348. The summed E-state index contributed by atoms with van der Waals surface area (Å²) in [6, 6.07) is 0. The molecule has 0 bridgehead atoms. The largest absolute Gasteiger partial charge is 0.294 e. The summed E-state index contributed by atoms with van der Waals surface area (Å²) in [5.41, 5.74) is 0.921. The summed E-state index contributed by atoms with van der Waals surface area (Å²) in [6.07, 6.45) is 6.94. The van der Waals surface area contributed by atoms with Crippen molar-refractivity contribution in [3.8, 4) is 0 Å². The van der Waals surface area contributed by atoms with Crippen LogP contribution in [-0.4, -0.2) is 28.1 Å². The normalized spacial score (nSPS) is 23.3. The first-order valence-electron chi connectivity index (χ1n) is 3.03. The standard InChI is InChI=1S/C6H7N3O/c10-9-3-1-6-5-7-2-4-8(6)9/h1-2,4-5,10H,3H2. The minimum absolute atomic E-state index is 0.533. The molecule has 10 heavy (non-hydrogen) atoms. The lowest BCUT2D eigenvalue weighted by molar-refractivity contribution is -0.187. The lowest BCUT2D eigenvalue weighted by Crippen LogP contribution is -2.31. The van der Waals surface area contributed by atoms with Gasteiger partial charge in [-0.2, -0.15) is 0 Å². The van der Waals surface area contributed by atoms with E-state index in [9.17, 15) is 0 Å². The molecule has 2 rings (SSSR count). The number of hydroxylamine groups is 1. The fourth-order valence-electron chi connectivity index (χ4n) is 0.986. The number of rotatable bonds is 0. The van der Waals surface area contributed by atoms with E-state index in [0.717, 1.165) is 10.9 Å². The average Bonchev–Trinajstić information content (AvgIpc) is 2.34. The van der Waals surface area contributed by atoms with Gasteiger partial charge in [0.25, 0.3) is 0 Å². The molecule has 2 aliphatic rings. The van der Waals surface area contributed by atoms with Gasteiger partial charge >= 0.3 is 0 Å². The van der Waals surface area contributed by atoms with Gasteiger partial charge < -0.3 is 0 Å². The molecule has 0 aromatic rings. The van der Waals surface area contributed by atoms with Crippen molar-refractivity contribution in [2.24, 2.45) is 4.99 Å². The topological polar surface area (TPSA) is 39.1 Å². The maximum absolute atomic E-state index is 9.12. The van der Waals surface area contributed by atoms with Crippen LogP contribution in [0, 0.1) is 0 Å².